The Morgan fingerprint density at radius 1 is 1.12 bits per heavy atom. The van der Waals surface area contributed by atoms with Crippen molar-refractivity contribution < 1.29 is 9.59 Å². The first-order chi connectivity index (χ1) is 12.0. The Balaban J connectivity index is 1.55. The number of hydrogen-bond donors (Lipinski definition) is 1. The SMILES string of the molecule is O=C(Nc1ccc(Cl)c(Cl)c1)C1CCN(C(=O)c2cccnc2)CC1. The molecule has 0 saturated carbocycles. The number of aromatic nitrogens is 1. The lowest BCUT2D eigenvalue weighted by molar-refractivity contribution is -0.121. The fourth-order valence-electron chi connectivity index (χ4n) is 2.83. The van der Waals surface area contributed by atoms with Crippen LogP contribution in [0.25, 0.3) is 0 Å². The van der Waals surface area contributed by atoms with Crippen molar-refractivity contribution in [1.29, 1.82) is 0 Å². The van der Waals surface area contributed by atoms with Crippen LogP contribution in [0.15, 0.2) is 42.7 Å². The molecule has 1 aromatic heterocycles. The van der Waals surface area contributed by atoms with Gasteiger partial charge in [0.25, 0.3) is 5.91 Å². The van der Waals surface area contributed by atoms with Crippen LogP contribution in [0.2, 0.25) is 10.0 Å². The number of halogens is 2. The van der Waals surface area contributed by atoms with Crippen LogP contribution in [0.5, 0.6) is 0 Å². The predicted octanol–water partition coefficient (Wildman–Crippen LogP) is 3.88. The maximum Gasteiger partial charge on any atom is 0.255 e. The van der Waals surface area contributed by atoms with E-state index in [2.05, 4.69) is 10.3 Å². The van der Waals surface area contributed by atoms with Crippen molar-refractivity contribution >= 4 is 40.7 Å². The number of piperidine rings is 1. The predicted molar refractivity (Wildman–Crippen MR) is 98.0 cm³/mol. The normalized spacial score (nSPS) is 15.0. The summed E-state index contributed by atoms with van der Waals surface area (Å²) in [5, 5.41) is 3.71. The number of hydrogen-bond acceptors (Lipinski definition) is 3. The molecule has 1 N–H and O–H groups in total. The van der Waals surface area contributed by atoms with Crippen LogP contribution in [0.4, 0.5) is 5.69 Å². The molecule has 25 heavy (non-hydrogen) atoms. The molecule has 1 aliphatic rings. The zero-order valence-corrected chi connectivity index (χ0v) is 14.9. The smallest absolute Gasteiger partial charge is 0.255 e. The van der Waals surface area contributed by atoms with Crippen molar-refractivity contribution in [2.75, 3.05) is 18.4 Å². The number of likely N-dealkylation sites (tertiary alicyclic amines) is 1. The van der Waals surface area contributed by atoms with Crippen molar-refractivity contribution in [1.82, 2.24) is 9.88 Å². The van der Waals surface area contributed by atoms with E-state index in [0.717, 1.165) is 0 Å². The average Bonchev–Trinajstić information content (AvgIpc) is 2.65. The molecule has 3 rings (SSSR count). The van der Waals surface area contributed by atoms with Crippen LogP contribution in [0.3, 0.4) is 0 Å². The summed E-state index contributed by atoms with van der Waals surface area (Å²) in [7, 11) is 0. The van der Waals surface area contributed by atoms with Crippen molar-refractivity contribution in [2.24, 2.45) is 5.92 Å². The van der Waals surface area contributed by atoms with Gasteiger partial charge in [0.05, 0.1) is 15.6 Å². The molecule has 0 spiro atoms. The Kier molecular flexibility index (Phi) is 5.56. The maximum atomic E-state index is 12.4. The fraction of sp³-hybridized carbons (Fsp3) is 0.278. The molecule has 2 heterocycles. The Hall–Kier alpha value is -2.11. The number of carbonyl (C=O) groups excluding carboxylic acids is 2. The van der Waals surface area contributed by atoms with Crippen molar-refractivity contribution in [3.8, 4) is 0 Å². The van der Waals surface area contributed by atoms with Crippen LogP contribution in [0.1, 0.15) is 23.2 Å². The number of pyridine rings is 1. The zero-order valence-electron chi connectivity index (χ0n) is 13.4. The van der Waals surface area contributed by atoms with Gasteiger partial charge in [-0.15, -0.1) is 0 Å². The van der Waals surface area contributed by atoms with Gasteiger partial charge in [0.2, 0.25) is 5.91 Å². The monoisotopic (exact) mass is 377 g/mol. The second-order valence-corrected chi connectivity index (χ2v) is 6.74. The summed E-state index contributed by atoms with van der Waals surface area (Å²) >= 11 is 11.8. The highest BCUT2D eigenvalue weighted by Crippen LogP contribution is 2.26. The van der Waals surface area contributed by atoms with Crippen LogP contribution < -0.4 is 5.32 Å². The standard InChI is InChI=1S/C18H17Cl2N3O2/c19-15-4-3-14(10-16(15)20)22-17(24)12-5-8-23(9-6-12)18(25)13-2-1-7-21-11-13/h1-4,7,10-12H,5-6,8-9H2,(H,22,24). The lowest BCUT2D eigenvalue weighted by Gasteiger charge is -2.31. The number of carbonyl (C=O) groups is 2. The van der Waals surface area contributed by atoms with Gasteiger partial charge < -0.3 is 10.2 Å². The summed E-state index contributed by atoms with van der Waals surface area (Å²) in [6, 6.07) is 8.48. The minimum Gasteiger partial charge on any atom is -0.339 e. The molecule has 0 atom stereocenters. The third-order valence-electron chi connectivity index (χ3n) is 4.25. The Labute approximate surface area is 155 Å². The molecule has 0 bridgehead atoms. The Morgan fingerprint density at radius 2 is 1.88 bits per heavy atom. The first-order valence-corrected chi connectivity index (χ1v) is 8.75. The second-order valence-electron chi connectivity index (χ2n) is 5.93. The molecule has 0 unspecified atom stereocenters. The van der Waals surface area contributed by atoms with Gasteiger partial charge in [-0.3, -0.25) is 14.6 Å². The topological polar surface area (TPSA) is 62.3 Å². The Bertz CT molecular complexity index is 775. The fourth-order valence-corrected chi connectivity index (χ4v) is 3.13. The van der Waals surface area contributed by atoms with Crippen molar-refractivity contribution in [2.45, 2.75) is 12.8 Å². The quantitative estimate of drug-likeness (QED) is 0.882. The van der Waals surface area contributed by atoms with Crippen LogP contribution in [-0.2, 0) is 4.79 Å². The molecule has 1 fully saturated rings. The van der Waals surface area contributed by atoms with Gasteiger partial charge in [0, 0.05) is 37.1 Å². The van der Waals surface area contributed by atoms with Gasteiger partial charge in [-0.1, -0.05) is 23.2 Å². The van der Waals surface area contributed by atoms with Gasteiger partial charge in [-0.25, -0.2) is 0 Å². The van der Waals surface area contributed by atoms with E-state index in [1.807, 2.05) is 0 Å². The highest BCUT2D eigenvalue weighted by Gasteiger charge is 2.28. The number of nitrogens with zero attached hydrogens (tertiary/aromatic N) is 2. The summed E-state index contributed by atoms with van der Waals surface area (Å²) in [5.74, 6) is -0.240. The van der Waals surface area contributed by atoms with Gasteiger partial charge in [0.15, 0.2) is 0 Å². The molecule has 7 heteroatoms. The minimum atomic E-state index is -0.132. The van der Waals surface area contributed by atoms with E-state index in [-0.39, 0.29) is 17.7 Å². The van der Waals surface area contributed by atoms with E-state index >= 15 is 0 Å². The van der Waals surface area contributed by atoms with E-state index in [1.54, 1.807) is 47.6 Å². The molecule has 1 saturated heterocycles. The van der Waals surface area contributed by atoms with Gasteiger partial charge in [0.1, 0.15) is 0 Å². The summed E-state index contributed by atoms with van der Waals surface area (Å²) in [6.07, 6.45) is 4.44. The molecule has 0 aliphatic carbocycles. The van der Waals surface area contributed by atoms with Crippen LogP contribution >= 0.6 is 23.2 Å². The molecular formula is C18H17Cl2N3O2. The highest BCUT2D eigenvalue weighted by atomic mass is 35.5. The molecule has 1 aromatic carbocycles. The van der Waals surface area contributed by atoms with Crippen LogP contribution in [0, 0.1) is 5.92 Å². The van der Waals surface area contributed by atoms with Gasteiger partial charge >= 0.3 is 0 Å². The molecule has 2 aromatic rings. The maximum absolute atomic E-state index is 12.4. The van der Waals surface area contributed by atoms with Crippen LogP contribution in [-0.4, -0.2) is 34.8 Å². The summed E-state index contributed by atoms with van der Waals surface area (Å²) < 4.78 is 0. The number of amides is 2. The van der Waals surface area contributed by atoms with Gasteiger partial charge in [-0.2, -0.15) is 0 Å². The largest absolute Gasteiger partial charge is 0.339 e. The first kappa shape index (κ1) is 17.7. The average molecular weight is 378 g/mol. The van der Waals surface area contributed by atoms with E-state index < -0.39 is 0 Å². The first-order valence-electron chi connectivity index (χ1n) is 8.00. The number of benzene rings is 1. The molecule has 130 valence electrons. The Morgan fingerprint density at radius 3 is 2.52 bits per heavy atom. The summed E-state index contributed by atoms with van der Waals surface area (Å²) in [4.78, 5) is 30.5. The van der Waals surface area contributed by atoms with E-state index in [9.17, 15) is 9.59 Å². The van der Waals surface area contributed by atoms with E-state index in [0.29, 0.717) is 47.2 Å². The molecule has 5 nitrogen and oxygen atoms in total. The lowest BCUT2D eigenvalue weighted by atomic mass is 9.95. The highest BCUT2D eigenvalue weighted by molar-refractivity contribution is 6.42. The number of rotatable bonds is 3. The zero-order chi connectivity index (χ0) is 17.8. The third-order valence-corrected chi connectivity index (χ3v) is 4.99. The van der Waals surface area contributed by atoms with E-state index in [1.165, 1.54) is 0 Å². The molecule has 0 radical (unpaired) electrons. The van der Waals surface area contributed by atoms with Gasteiger partial charge in [-0.05, 0) is 43.2 Å². The molecule has 1 aliphatic heterocycles. The second kappa shape index (κ2) is 7.85. The van der Waals surface area contributed by atoms with E-state index in [4.69, 9.17) is 23.2 Å². The molecular weight excluding hydrogens is 361 g/mol. The summed E-state index contributed by atoms with van der Waals surface area (Å²) in [5.41, 5.74) is 1.19. The van der Waals surface area contributed by atoms with Crippen molar-refractivity contribution in [3.05, 3.63) is 58.3 Å². The number of anilines is 1. The summed E-state index contributed by atoms with van der Waals surface area (Å²) in [6.45, 7) is 1.10. The molecule has 2 amide bonds. The third kappa shape index (κ3) is 4.30. The van der Waals surface area contributed by atoms with Crippen molar-refractivity contribution in [3.63, 3.8) is 0 Å². The lowest BCUT2D eigenvalue weighted by Crippen LogP contribution is -2.41. The number of nitrogens with one attached hydrogen (secondary N) is 1. The minimum absolute atomic E-state index is 0.0450.